The maximum atomic E-state index is 8.91. The number of aliphatic hydroxyl groups excluding tert-OH is 1. The summed E-state index contributed by atoms with van der Waals surface area (Å²) in [6.07, 6.45) is 3.14. The van der Waals surface area contributed by atoms with Crippen molar-refractivity contribution in [1.29, 1.82) is 0 Å². The quantitative estimate of drug-likeness (QED) is 0.779. The van der Waals surface area contributed by atoms with Crippen LogP contribution in [-0.4, -0.2) is 55.2 Å². The molecule has 2 aliphatic heterocycles. The van der Waals surface area contributed by atoms with E-state index in [2.05, 4.69) is 11.9 Å². The van der Waals surface area contributed by atoms with Crippen molar-refractivity contribution in [3.8, 4) is 0 Å². The van der Waals surface area contributed by atoms with Crippen molar-refractivity contribution in [2.24, 2.45) is 5.92 Å². The highest BCUT2D eigenvalue weighted by molar-refractivity contribution is 4.86. The Morgan fingerprint density at radius 1 is 1.50 bits per heavy atom. The van der Waals surface area contributed by atoms with Crippen LogP contribution in [0.3, 0.4) is 0 Å². The minimum atomic E-state index is -0.436. The van der Waals surface area contributed by atoms with Crippen LogP contribution < -0.4 is 0 Å². The van der Waals surface area contributed by atoms with Gasteiger partial charge >= 0.3 is 0 Å². The Kier molecular flexibility index (Phi) is 3.85. The Bertz CT molecular complexity index is 236. The van der Waals surface area contributed by atoms with Gasteiger partial charge in [-0.25, -0.2) is 0 Å². The van der Waals surface area contributed by atoms with Crippen LogP contribution >= 0.6 is 0 Å². The summed E-state index contributed by atoms with van der Waals surface area (Å²) >= 11 is 0. The Morgan fingerprint density at radius 2 is 2.31 bits per heavy atom. The van der Waals surface area contributed by atoms with E-state index >= 15 is 0 Å². The van der Waals surface area contributed by atoms with Crippen LogP contribution in [0, 0.1) is 5.92 Å². The lowest BCUT2D eigenvalue weighted by Crippen LogP contribution is -2.46. The first-order chi connectivity index (χ1) is 7.64. The smallest absolute Gasteiger partial charge is 0.170 e. The van der Waals surface area contributed by atoms with E-state index in [0.717, 1.165) is 6.54 Å². The predicted octanol–water partition coefficient (Wildman–Crippen LogP) is 0.842. The highest BCUT2D eigenvalue weighted by Gasteiger charge is 2.44. The summed E-state index contributed by atoms with van der Waals surface area (Å²) in [7, 11) is 2.15. The molecule has 2 saturated heterocycles. The summed E-state index contributed by atoms with van der Waals surface area (Å²) in [5, 5.41) is 8.91. The summed E-state index contributed by atoms with van der Waals surface area (Å²) in [5.74, 6) is 0.0177. The van der Waals surface area contributed by atoms with Crippen LogP contribution in [0.15, 0.2) is 0 Å². The third-order valence-electron chi connectivity index (χ3n) is 3.77. The Hall–Kier alpha value is -0.160. The van der Waals surface area contributed by atoms with Gasteiger partial charge in [0.05, 0.1) is 12.7 Å². The first-order valence-corrected chi connectivity index (χ1v) is 6.25. The molecule has 3 atom stereocenters. The maximum Gasteiger partial charge on any atom is 0.170 e. The molecule has 0 aliphatic carbocycles. The minimum absolute atomic E-state index is 0.0715. The molecule has 4 nitrogen and oxygen atoms in total. The molecule has 3 unspecified atom stereocenters. The molecule has 1 N–H and O–H groups in total. The molecule has 2 fully saturated rings. The third-order valence-corrected chi connectivity index (χ3v) is 3.77. The fourth-order valence-corrected chi connectivity index (χ4v) is 2.75. The van der Waals surface area contributed by atoms with Crippen LogP contribution in [-0.2, 0) is 9.47 Å². The van der Waals surface area contributed by atoms with Crippen molar-refractivity contribution in [2.45, 2.75) is 38.1 Å². The molecule has 0 spiro atoms. The van der Waals surface area contributed by atoms with E-state index < -0.39 is 5.79 Å². The van der Waals surface area contributed by atoms with E-state index in [0.29, 0.717) is 18.9 Å². The van der Waals surface area contributed by atoms with Crippen LogP contribution in [0.1, 0.15) is 26.2 Å². The van der Waals surface area contributed by atoms with Gasteiger partial charge in [0.25, 0.3) is 0 Å². The van der Waals surface area contributed by atoms with E-state index in [1.807, 2.05) is 6.92 Å². The lowest BCUT2D eigenvalue weighted by atomic mass is 9.91. The van der Waals surface area contributed by atoms with Gasteiger partial charge < -0.3 is 19.5 Å². The molecule has 0 aromatic carbocycles. The minimum Gasteiger partial charge on any atom is -0.396 e. The first-order valence-electron chi connectivity index (χ1n) is 6.25. The standard InChI is InChI=1S/C12H23NO3/c1-12(10-4-3-6-13(2)8-10)15-9-11(16-12)5-7-14/h10-11,14H,3-9H2,1-2H3. The topological polar surface area (TPSA) is 41.9 Å². The van der Waals surface area contributed by atoms with Crippen LogP contribution in [0.5, 0.6) is 0 Å². The second kappa shape index (κ2) is 5.00. The highest BCUT2D eigenvalue weighted by Crippen LogP contribution is 2.36. The predicted molar refractivity (Wildman–Crippen MR) is 61.2 cm³/mol. The van der Waals surface area contributed by atoms with E-state index in [1.54, 1.807) is 0 Å². The molecular formula is C12H23NO3. The molecule has 0 radical (unpaired) electrons. The monoisotopic (exact) mass is 229 g/mol. The molecule has 0 aromatic rings. The van der Waals surface area contributed by atoms with Gasteiger partial charge in [-0.05, 0) is 39.8 Å². The summed E-state index contributed by atoms with van der Waals surface area (Å²) in [5.41, 5.74) is 0. The summed E-state index contributed by atoms with van der Waals surface area (Å²) < 4.78 is 11.8. The average Bonchev–Trinajstić information content (AvgIpc) is 2.62. The van der Waals surface area contributed by atoms with Crippen LogP contribution in [0.2, 0.25) is 0 Å². The number of hydrogen-bond acceptors (Lipinski definition) is 4. The Balaban J connectivity index is 1.92. The molecule has 2 aliphatic rings. The number of aliphatic hydroxyl groups is 1. The summed E-state index contributed by atoms with van der Waals surface area (Å²) in [6.45, 7) is 5.06. The third kappa shape index (κ3) is 2.56. The molecule has 2 rings (SSSR count). The van der Waals surface area contributed by atoms with Gasteiger partial charge in [0.1, 0.15) is 0 Å². The zero-order valence-corrected chi connectivity index (χ0v) is 10.3. The molecule has 0 amide bonds. The van der Waals surface area contributed by atoms with Crippen LogP contribution in [0.4, 0.5) is 0 Å². The molecule has 0 aromatic heterocycles. The Morgan fingerprint density at radius 3 is 3.00 bits per heavy atom. The second-order valence-electron chi connectivity index (χ2n) is 5.18. The second-order valence-corrected chi connectivity index (χ2v) is 5.18. The van der Waals surface area contributed by atoms with Crippen molar-refractivity contribution in [3.63, 3.8) is 0 Å². The van der Waals surface area contributed by atoms with Gasteiger partial charge in [0, 0.05) is 19.1 Å². The molecule has 0 bridgehead atoms. The zero-order valence-electron chi connectivity index (χ0n) is 10.3. The SMILES string of the molecule is CN1CCCC(C2(C)OCC(CCO)O2)C1. The molecule has 2 heterocycles. The summed E-state index contributed by atoms with van der Waals surface area (Å²) in [4.78, 5) is 2.34. The van der Waals surface area contributed by atoms with E-state index in [1.165, 1.54) is 19.4 Å². The van der Waals surface area contributed by atoms with Crippen molar-refractivity contribution >= 4 is 0 Å². The van der Waals surface area contributed by atoms with Gasteiger partial charge in [-0.2, -0.15) is 0 Å². The lowest BCUT2D eigenvalue weighted by Gasteiger charge is -2.38. The van der Waals surface area contributed by atoms with Crippen molar-refractivity contribution in [2.75, 3.05) is 33.4 Å². The molecule has 94 valence electrons. The van der Waals surface area contributed by atoms with Gasteiger partial charge in [-0.15, -0.1) is 0 Å². The van der Waals surface area contributed by atoms with Gasteiger partial charge in [-0.1, -0.05) is 0 Å². The van der Waals surface area contributed by atoms with Crippen molar-refractivity contribution < 1.29 is 14.6 Å². The van der Waals surface area contributed by atoms with Gasteiger partial charge in [0.15, 0.2) is 5.79 Å². The largest absolute Gasteiger partial charge is 0.396 e. The van der Waals surface area contributed by atoms with E-state index in [9.17, 15) is 0 Å². The normalized spacial score (nSPS) is 41.4. The molecular weight excluding hydrogens is 206 g/mol. The maximum absolute atomic E-state index is 8.91. The first kappa shape index (κ1) is 12.3. The van der Waals surface area contributed by atoms with Crippen LogP contribution in [0.25, 0.3) is 0 Å². The zero-order chi connectivity index (χ0) is 11.6. The molecule has 0 saturated carbocycles. The summed E-state index contributed by atoms with van der Waals surface area (Å²) in [6, 6.07) is 0. The number of ether oxygens (including phenoxy) is 2. The lowest BCUT2D eigenvalue weighted by molar-refractivity contribution is -0.201. The number of rotatable bonds is 3. The molecule has 4 heteroatoms. The van der Waals surface area contributed by atoms with Gasteiger partial charge in [0.2, 0.25) is 0 Å². The Labute approximate surface area is 97.5 Å². The van der Waals surface area contributed by atoms with Crippen molar-refractivity contribution in [3.05, 3.63) is 0 Å². The number of hydrogen-bond donors (Lipinski definition) is 1. The van der Waals surface area contributed by atoms with Crippen molar-refractivity contribution in [1.82, 2.24) is 4.90 Å². The average molecular weight is 229 g/mol. The van der Waals surface area contributed by atoms with E-state index in [-0.39, 0.29) is 12.7 Å². The fraction of sp³-hybridized carbons (Fsp3) is 1.00. The number of piperidine rings is 1. The molecule has 16 heavy (non-hydrogen) atoms. The van der Waals surface area contributed by atoms with E-state index in [4.69, 9.17) is 14.6 Å². The fourth-order valence-electron chi connectivity index (χ4n) is 2.75. The highest BCUT2D eigenvalue weighted by atomic mass is 16.7. The van der Waals surface area contributed by atoms with Gasteiger partial charge in [-0.3, -0.25) is 0 Å². The number of likely N-dealkylation sites (tertiary alicyclic amines) is 1. The number of nitrogens with zero attached hydrogens (tertiary/aromatic N) is 1.